The lowest BCUT2D eigenvalue weighted by Gasteiger charge is -2.23. The summed E-state index contributed by atoms with van der Waals surface area (Å²) in [5.41, 5.74) is -0.786. The van der Waals surface area contributed by atoms with Gasteiger partial charge in [0, 0.05) is 19.7 Å². The van der Waals surface area contributed by atoms with Crippen molar-refractivity contribution < 1.29 is 22.7 Å². The number of hydrogen-bond acceptors (Lipinski definition) is 3. The maximum Gasteiger partial charge on any atom is 0.253 e. The minimum absolute atomic E-state index is 0.0870. The van der Waals surface area contributed by atoms with Crippen LogP contribution >= 0.6 is 0 Å². The normalized spacial score (nSPS) is 10.7. The molecule has 3 nitrogen and oxygen atoms in total. The molecule has 0 aliphatic carbocycles. The van der Waals surface area contributed by atoms with E-state index >= 15 is 0 Å². The van der Waals surface area contributed by atoms with Crippen LogP contribution in [0.4, 0.5) is 23.2 Å². The van der Waals surface area contributed by atoms with E-state index in [1.54, 1.807) is 6.92 Å². The fourth-order valence-electron chi connectivity index (χ4n) is 1.44. The fraction of sp³-hybridized carbons (Fsp3) is 0.500. The molecule has 17 heavy (non-hydrogen) atoms. The van der Waals surface area contributed by atoms with Crippen LogP contribution in [0.2, 0.25) is 0 Å². The number of aliphatic hydroxyl groups excluding tert-OH is 1. The fourth-order valence-corrected chi connectivity index (χ4v) is 1.44. The molecule has 0 bridgehead atoms. The number of halogens is 4. The summed E-state index contributed by atoms with van der Waals surface area (Å²) in [6.07, 6.45) is 0.234. The van der Waals surface area contributed by atoms with Crippen LogP contribution in [0, 0.1) is 23.5 Å². The standard InChI is InChI=1S/C10H12F4N2O/c1-2-16(4-3-5-17)8-6(11)9(13)15-10(14)7(8)12/h17H,2-5H2,1H3. The molecule has 0 amide bonds. The third kappa shape index (κ3) is 2.85. The molecule has 1 N–H and O–H groups in total. The van der Waals surface area contributed by atoms with Gasteiger partial charge < -0.3 is 10.0 Å². The summed E-state index contributed by atoms with van der Waals surface area (Å²) in [6.45, 7) is 1.63. The molecule has 0 radical (unpaired) electrons. The number of rotatable bonds is 5. The van der Waals surface area contributed by atoms with E-state index in [0.29, 0.717) is 0 Å². The molecule has 1 aromatic rings. The Bertz CT molecular complexity index is 374. The van der Waals surface area contributed by atoms with Crippen molar-refractivity contribution in [3.8, 4) is 0 Å². The van der Waals surface area contributed by atoms with Gasteiger partial charge in [0.1, 0.15) is 5.69 Å². The average Bonchev–Trinajstić information content (AvgIpc) is 2.31. The van der Waals surface area contributed by atoms with E-state index in [2.05, 4.69) is 4.98 Å². The SMILES string of the molecule is CCN(CCCO)c1c(F)c(F)nc(F)c1F. The van der Waals surface area contributed by atoms with Crippen molar-refractivity contribution in [2.45, 2.75) is 13.3 Å². The Morgan fingerprint density at radius 1 is 1.12 bits per heavy atom. The summed E-state index contributed by atoms with van der Waals surface area (Å²) in [5, 5.41) is 8.63. The van der Waals surface area contributed by atoms with Gasteiger partial charge in [-0.25, -0.2) is 0 Å². The molecule has 96 valence electrons. The molecule has 0 saturated carbocycles. The molecule has 0 fully saturated rings. The highest BCUT2D eigenvalue weighted by atomic mass is 19.2. The number of aromatic nitrogens is 1. The number of pyridine rings is 1. The number of hydrogen-bond donors (Lipinski definition) is 1. The lowest BCUT2D eigenvalue weighted by atomic mass is 10.3. The molecule has 0 spiro atoms. The van der Waals surface area contributed by atoms with Gasteiger partial charge in [0.25, 0.3) is 11.9 Å². The van der Waals surface area contributed by atoms with Crippen molar-refractivity contribution in [2.75, 3.05) is 24.6 Å². The first kappa shape index (κ1) is 13.7. The molecule has 1 rings (SSSR count). The van der Waals surface area contributed by atoms with E-state index in [1.165, 1.54) is 0 Å². The van der Waals surface area contributed by atoms with Gasteiger partial charge in [-0.05, 0) is 13.3 Å². The second kappa shape index (κ2) is 5.81. The summed E-state index contributed by atoms with van der Waals surface area (Å²) in [4.78, 5) is 3.58. The molecular formula is C10H12F4N2O. The maximum atomic E-state index is 13.4. The topological polar surface area (TPSA) is 36.4 Å². The first-order valence-corrected chi connectivity index (χ1v) is 5.08. The summed E-state index contributed by atoms with van der Waals surface area (Å²) >= 11 is 0. The van der Waals surface area contributed by atoms with Crippen LogP contribution in [0.15, 0.2) is 0 Å². The Hall–Kier alpha value is -1.37. The molecule has 0 atom stereocenters. The van der Waals surface area contributed by atoms with Crippen molar-refractivity contribution in [1.82, 2.24) is 4.98 Å². The van der Waals surface area contributed by atoms with Crippen molar-refractivity contribution in [2.24, 2.45) is 0 Å². The molecule has 0 aliphatic heterocycles. The zero-order valence-electron chi connectivity index (χ0n) is 9.18. The van der Waals surface area contributed by atoms with E-state index in [4.69, 9.17) is 5.11 Å². The first-order chi connectivity index (χ1) is 8.02. The van der Waals surface area contributed by atoms with Gasteiger partial charge in [-0.2, -0.15) is 22.5 Å². The van der Waals surface area contributed by atoms with Crippen LogP contribution in [0.3, 0.4) is 0 Å². The minimum Gasteiger partial charge on any atom is -0.396 e. The molecule has 1 heterocycles. The molecule has 1 aromatic heterocycles. The molecule has 0 aromatic carbocycles. The van der Waals surface area contributed by atoms with Gasteiger partial charge in [-0.15, -0.1) is 0 Å². The lowest BCUT2D eigenvalue weighted by molar-refractivity contribution is 0.289. The third-order valence-corrected chi connectivity index (χ3v) is 2.26. The highest BCUT2D eigenvalue weighted by Crippen LogP contribution is 2.26. The van der Waals surface area contributed by atoms with Crippen molar-refractivity contribution in [3.63, 3.8) is 0 Å². The predicted octanol–water partition coefficient (Wildman–Crippen LogP) is 1.85. The highest BCUT2D eigenvalue weighted by Gasteiger charge is 2.24. The Balaban J connectivity index is 3.17. The minimum atomic E-state index is -1.68. The smallest absolute Gasteiger partial charge is 0.253 e. The Kier molecular flexibility index (Phi) is 4.68. The summed E-state index contributed by atoms with van der Waals surface area (Å²) in [5.74, 6) is -6.41. The van der Waals surface area contributed by atoms with E-state index in [-0.39, 0.29) is 26.1 Å². The second-order valence-corrected chi connectivity index (χ2v) is 3.33. The molecular weight excluding hydrogens is 240 g/mol. The van der Waals surface area contributed by atoms with E-state index in [0.717, 1.165) is 4.90 Å². The van der Waals surface area contributed by atoms with Gasteiger partial charge in [-0.3, -0.25) is 0 Å². The highest BCUT2D eigenvalue weighted by molar-refractivity contribution is 5.48. The van der Waals surface area contributed by atoms with Crippen LogP contribution in [-0.2, 0) is 0 Å². The van der Waals surface area contributed by atoms with Gasteiger partial charge in [0.15, 0.2) is 0 Å². The van der Waals surface area contributed by atoms with Crippen LogP contribution in [-0.4, -0.2) is 29.8 Å². The summed E-state index contributed by atoms with van der Waals surface area (Å²) in [6, 6.07) is 0. The van der Waals surface area contributed by atoms with E-state index in [1.807, 2.05) is 0 Å². The number of aliphatic hydroxyl groups is 1. The molecule has 0 aliphatic rings. The molecule has 7 heteroatoms. The van der Waals surface area contributed by atoms with Crippen molar-refractivity contribution in [3.05, 3.63) is 23.5 Å². The van der Waals surface area contributed by atoms with Gasteiger partial charge in [0.2, 0.25) is 11.6 Å². The second-order valence-electron chi connectivity index (χ2n) is 3.33. The molecule has 0 unspecified atom stereocenters. The number of anilines is 1. The first-order valence-electron chi connectivity index (χ1n) is 5.08. The monoisotopic (exact) mass is 252 g/mol. The van der Waals surface area contributed by atoms with Gasteiger partial charge in [-0.1, -0.05) is 0 Å². The van der Waals surface area contributed by atoms with Crippen molar-refractivity contribution >= 4 is 5.69 Å². The zero-order valence-corrected chi connectivity index (χ0v) is 9.18. The Morgan fingerprint density at radius 3 is 2.06 bits per heavy atom. The Labute approximate surface area is 95.7 Å². The zero-order chi connectivity index (χ0) is 13.0. The number of nitrogens with zero attached hydrogens (tertiary/aromatic N) is 2. The third-order valence-electron chi connectivity index (χ3n) is 2.26. The predicted molar refractivity (Wildman–Crippen MR) is 53.7 cm³/mol. The summed E-state index contributed by atoms with van der Waals surface area (Å²) in [7, 11) is 0. The van der Waals surface area contributed by atoms with Crippen molar-refractivity contribution in [1.29, 1.82) is 0 Å². The summed E-state index contributed by atoms with van der Waals surface area (Å²) < 4.78 is 52.5. The maximum absolute atomic E-state index is 13.4. The largest absolute Gasteiger partial charge is 0.396 e. The van der Waals surface area contributed by atoms with Crippen LogP contribution in [0.5, 0.6) is 0 Å². The average molecular weight is 252 g/mol. The van der Waals surface area contributed by atoms with Crippen LogP contribution in [0.25, 0.3) is 0 Å². The molecule has 0 saturated heterocycles. The quantitative estimate of drug-likeness (QED) is 0.641. The van der Waals surface area contributed by atoms with Gasteiger partial charge >= 0.3 is 0 Å². The lowest BCUT2D eigenvalue weighted by Crippen LogP contribution is -2.28. The van der Waals surface area contributed by atoms with E-state index in [9.17, 15) is 17.6 Å². The van der Waals surface area contributed by atoms with Crippen LogP contribution < -0.4 is 4.90 Å². The Morgan fingerprint density at radius 2 is 1.65 bits per heavy atom. The van der Waals surface area contributed by atoms with E-state index < -0.39 is 29.2 Å². The van der Waals surface area contributed by atoms with Crippen LogP contribution in [0.1, 0.15) is 13.3 Å². The van der Waals surface area contributed by atoms with Gasteiger partial charge in [0.05, 0.1) is 0 Å².